The first kappa shape index (κ1) is 25.1. The van der Waals surface area contributed by atoms with E-state index in [1.807, 2.05) is 48.6 Å². The van der Waals surface area contributed by atoms with Crippen molar-refractivity contribution in [3.05, 3.63) is 121 Å². The minimum absolute atomic E-state index is 0.128. The molecule has 48 heavy (non-hydrogen) atoms. The molecule has 2 aromatic heterocycles. The quantitative estimate of drug-likeness (QED) is 0.165. The Hall–Kier alpha value is -6.08. The van der Waals surface area contributed by atoms with E-state index in [1.165, 1.54) is 10.8 Å². The van der Waals surface area contributed by atoms with E-state index < -0.39 is 0 Å². The van der Waals surface area contributed by atoms with Gasteiger partial charge in [0.05, 0.1) is 29.0 Å². The van der Waals surface area contributed by atoms with Crippen LogP contribution >= 0.6 is 0 Å². The van der Waals surface area contributed by atoms with Crippen LogP contribution in [0.2, 0.25) is 0 Å². The van der Waals surface area contributed by atoms with Gasteiger partial charge < -0.3 is 10.6 Å². The Morgan fingerprint density at radius 1 is 0.688 bits per heavy atom. The predicted octanol–water partition coefficient (Wildman–Crippen LogP) is 6.58. The Morgan fingerprint density at radius 2 is 1.44 bits per heavy atom. The zero-order valence-electron chi connectivity index (χ0n) is 25.6. The van der Waals surface area contributed by atoms with Crippen molar-refractivity contribution in [1.29, 1.82) is 0 Å². The van der Waals surface area contributed by atoms with E-state index in [2.05, 4.69) is 18.2 Å². The molecule has 12 rings (SSSR count). The number of rotatable bonds is 1. The molecule has 1 fully saturated rings. The number of benzene rings is 7. The second kappa shape index (κ2) is 8.06. The lowest BCUT2D eigenvalue weighted by Gasteiger charge is -2.33. The summed E-state index contributed by atoms with van der Waals surface area (Å²) in [5, 5.41) is 11.3. The van der Waals surface area contributed by atoms with Crippen LogP contribution in [-0.2, 0) is 6.54 Å². The first-order chi connectivity index (χ1) is 23.5. The van der Waals surface area contributed by atoms with E-state index in [0.717, 1.165) is 96.5 Å². The lowest BCUT2D eigenvalue weighted by atomic mass is 9.80. The summed E-state index contributed by atoms with van der Waals surface area (Å²) in [6.45, 7) is 0.411. The van der Waals surface area contributed by atoms with Crippen molar-refractivity contribution < 1.29 is 4.79 Å². The number of amides is 1. The summed E-state index contributed by atoms with van der Waals surface area (Å²) >= 11 is 0. The van der Waals surface area contributed by atoms with Gasteiger partial charge in [-0.3, -0.25) is 18.8 Å². The molecule has 0 unspecified atom stereocenters. The number of aromatic nitrogens is 2. The number of allylic oxidation sites excluding steroid dienone is 2. The van der Waals surface area contributed by atoms with E-state index in [4.69, 9.17) is 10.7 Å². The standard InChI is InChI=1S/C41H24N4O3/c42-27-5-1-3-7-29(27)44-17-19-11-12-20-31(18-9-10-18)23-15-25-33-22(41(48)45-30-8-4-2-6-28(30)43-39(25)45)14-13-21-35(33)36(23)37-24(38(21)46)16-26(40(44)47)32(19)34(20)37/h2,4-8,11-16H,1,3,9-10,17,42H2. The minimum atomic E-state index is -0.138. The highest BCUT2D eigenvalue weighted by Gasteiger charge is 2.34. The molecule has 0 radical (unpaired) electrons. The Morgan fingerprint density at radius 3 is 2.29 bits per heavy atom. The van der Waals surface area contributed by atoms with Crippen molar-refractivity contribution in [2.75, 3.05) is 0 Å². The molecule has 7 heteroatoms. The molecule has 226 valence electrons. The number of pyridine rings is 1. The fourth-order valence-corrected chi connectivity index (χ4v) is 9.20. The van der Waals surface area contributed by atoms with Crippen molar-refractivity contribution in [3.8, 4) is 0 Å². The van der Waals surface area contributed by atoms with Crippen LogP contribution in [0.3, 0.4) is 0 Å². The molecule has 0 spiro atoms. The average Bonchev–Trinajstić information content (AvgIpc) is 3.87. The summed E-state index contributed by atoms with van der Waals surface area (Å²) in [4.78, 5) is 50.2. The Bertz CT molecular complexity index is 3270. The molecule has 1 aliphatic heterocycles. The van der Waals surface area contributed by atoms with E-state index in [9.17, 15) is 14.4 Å². The predicted molar refractivity (Wildman–Crippen MR) is 191 cm³/mol. The van der Waals surface area contributed by atoms with Gasteiger partial charge in [-0.05, 0) is 94.4 Å². The van der Waals surface area contributed by atoms with Crippen LogP contribution in [0.25, 0.3) is 86.9 Å². The van der Waals surface area contributed by atoms with Crippen molar-refractivity contribution in [2.45, 2.75) is 32.2 Å². The fourth-order valence-electron chi connectivity index (χ4n) is 9.20. The minimum Gasteiger partial charge on any atom is -0.397 e. The lowest BCUT2D eigenvalue weighted by molar-refractivity contribution is 0.0794. The number of carbonyl (C=O) groups is 1. The number of fused-ring (bicyclic) bond motifs is 4. The molecule has 7 aromatic carbocycles. The molecule has 2 aliphatic carbocycles. The number of hydrogen-bond acceptors (Lipinski definition) is 5. The maximum Gasteiger partial charge on any atom is 0.264 e. The van der Waals surface area contributed by atoms with Crippen LogP contribution in [0, 0.1) is 0 Å². The molecule has 0 saturated heterocycles. The van der Waals surface area contributed by atoms with E-state index in [-0.39, 0.29) is 16.9 Å². The van der Waals surface area contributed by atoms with Gasteiger partial charge in [0, 0.05) is 48.7 Å². The summed E-state index contributed by atoms with van der Waals surface area (Å²) in [6.07, 6.45) is 7.71. The third-order valence-electron chi connectivity index (χ3n) is 11.3. The maximum absolute atomic E-state index is 14.7. The third-order valence-corrected chi connectivity index (χ3v) is 11.3. The van der Waals surface area contributed by atoms with Crippen LogP contribution in [0.1, 0.15) is 41.6 Å². The van der Waals surface area contributed by atoms with Crippen LogP contribution in [0.5, 0.6) is 0 Å². The molecule has 0 bridgehead atoms. The summed E-state index contributed by atoms with van der Waals surface area (Å²) in [5.41, 5.74) is 12.6. The molecule has 2 N–H and O–H groups in total. The highest BCUT2D eigenvalue weighted by atomic mass is 16.2. The van der Waals surface area contributed by atoms with Crippen LogP contribution < -0.4 is 21.9 Å². The summed E-state index contributed by atoms with van der Waals surface area (Å²) in [5.74, 6) is -0.133. The highest BCUT2D eigenvalue weighted by molar-refractivity contribution is 6.42. The summed E-state index contributed by atoms with van der Waals surface area (Å²) in [7, 11) is 0. The number of imidazole rings is 1. The average molecular weight is 621 g/mol. The number of nitrogens with two attached hydrogens (primary N) is 1. The topological polar surface area (TPSA) is 97.8 Å². The zero-order valence-corrected chi connectivity index (χ0v) is 25.6. The molecular weight excluding hydrogens is 596 g/mol. The summed E-state index contributed by atoms with van der Waals surface area (Å²) in [6, 6.07) is 19.7. The maximum atomic E-state index is 14.7. The largest absolute Gasteiger partial charge is 0.397 e. The van der Waals surface area contributed by atoms with E-state index in [0.29, 0.717) is 39.6 Å². The molecule has 1 saturated carbocycles. The second-order valence-corrected chi connectivity index (χ2v) is 13.7. The SMILES string of the molecule is NC1=CCCC=C1N1Cc2ccc3c(=C4CC4)c4cc5c6c(ccc7c(=O)c8cc(c2c3c8c4c76)C1=O)c(=O)n1c2ccccc2nc51. The van der Waals surface area contributed by atoms with E-state index >= 15 is 0 Å². The lowest BCUT2D eigenvalue weighted by Crippen LogP contribution is -2.36. The van der Waals surface area contributed by atoms with Crippen molar-refractivity contribution in [1.82, 2.24) is 14.3 Å². The molecule has 1 amide bonds. The molecule has 7 nitrogen and oxygen atoms in total. The zero-order chi connectivity index (χ0) is 31.7. The number of carbonyl (C=O) groups excluding carboxylic acids is 1. The fraction of sp³-hybridized carbons (Fsp3) is 0.122. The third kappa shape index (κ3) is 2.73. The summed E-state index contributed by atoms with van der Waals surface area (Å²) < 4.78 is 1.73. The number of nitrogens with zero attached hydrogens (tertiary/aromatic N) is 3. The first-order valence-corrected chi connectivity index (χ1v) is 16.5. The molecule has 9 aromatic rings. The van der Waals surface area contributed by atoms with Crippen LogP contribution in [0.4, 0.5) is 0 Å². The van der Waals surface area contributed by atoms with E-state index in [1.54, 1.807) is 15.4 Å². The molecule has 0 atom stereocenters. The Kier molecular flexibility index (Phi) is 4.21. The smallest absolute Gasteiger partial charge is 0.264 e. The van der Waals surface area contributed by atoms with Gasteiger partial charge >= 0.3 is 0 Å². The molecule has 3 heterocycles. The molecule has 3 aliphatic rings. The van der Waals surface area contributed by atoms with Gasteiger partial charge in [-0.25, -0.2) is 4.98 Å². The van der Waals surface area contributed by atoms with Crippen molar-refractivity contribution in [3.63, 3.8) is 0 Å². The van der Waals surface area contributed by atoms with Gasteiger partial charge in [0.15, 0.2) is 5.43 Å². The van der Waals surface area contributed by atoms with Crippen molar-refractivity contribution in [2.24, 2.45) is 5.73 Å². The normalized spacial score (nSPS) is 16.8. The van der Waals surface area contributed by atoms with Gasteiger partial charge in [-0.15, -0.1) is 0 Å². The Balaban J connectivity index is 1.33. The number of hydrogen-bond donors (Lipinski definition) is 1. The van der Waals surface area contributed by atoms with Crippen molar-refractivity contribution >= 4 is 92.8 Å². The second-order valence-electron chi connectivity index (χ2n) is 13.7. The monoisotopic (exact) mass is 620 g/mol. The van der Waals surface area contributed by atoms with Gasteiger partial charge in [-0.2, -0.15) is 0 Å². The van der Waals surface area contributed by atoms with Gasteiger partial charge in [-0.1, -0.05) is 42.0 Å². The molecular formula is C41H24N4O3. The van der Waals surface area contributed by atoms with Gasteiger partial charge in [0.1, 0.15) is 5.65 Å². The van der Waals surface area contributed by atoms with Crippen LogP contribution in [0.15, 0.2) is 93.8 Å². The highest BCUT2D eigenvalue weighted by Crippen LogP contribution is 2.47. The van der Waals surface area contributed by atoms with Gasteiger partial charge in [0.25, 0.3) is 11.5 Å². The van der Waals surface area contributed by atoms with Crippen LogP contribution in [-0.4, -0.2) is 20.2 Å². The first-order valence-electron chi connectivity index (χ1n) is 16.5. The van der Waals surface area contributed by atoms with Gasteiger partial charge in [0.2, 0.25) is 0 Å². The Labute approximate surface area is 270 Å². The number of para-hydroxylation sites is 2.